The van der Waals surface area contributed by atoms with Gasteiger partial charge in [0.25, 0.3) is 17.7 Å². The number of rotatable bonds is 5. The summed E-state index contributed by atoms with van der Waals surface area (Å²) in [6.45, 7) is 2.99. The molecule has 3 rings (SSSR count). The van der Waals surface area contributed by atoms with Gasteiger partial charge in [-0.1, -0.05) is 19.3 Å². The largest absolute Gasteiger partial charge is 0.481 e. The Bertz CT molecular complexity index is 809. The smallest absolute Gasteiger partial charge is 0.310 e. The number of aliphatic carboxylic acids is 1. The standard InChI is InChI=1S/C20H24N2O5/c1-20(2,19(26)27)11-21-16(23)12-8-9-14-15(10-12)18(25)22(17(14)24)13-6-4-3-5-7-13/h8-10,13H,3-7,11H2,1-2H3,(H,21,23)(H,26,27). The van der Waals surface area contributed by atoms with E-state index in [-0.39, 0.29) is 35.5 Å². The lowest BCUT2D eigenvalue weighted by molar-refractivity contribution is -0.146. The highest BCUT2D eigenvalue weighted by atomic mass is 16.4. The van der Waals surface area contributed by atoms with Crippen LogP contribution in [0.3, 0.4) is 0 Å². The molecule has 27 heavy (non-hydrogen) atoms. The Kier molecular flexibility index (Phi) is 5.04. The molecule has 0 unspecified atom stereocenters. The van der Waals surface area contributed by atoms with Gasteiger partial charge >= 0.3 is 5.97 Å². The van der Waals surface area contributed by atoms with Crippen molar-refractivity contribution in [3.8, 4) is 0 Å². The van der Waals surface area contributed by atoms with E-state index in [4.69, 9.17) is 5.11 Å². The maximum atomic E-state index is 12.8. The van der Waals surface area contributed by atoms with Crippen LogP contribution in [0.1, 0.15) is 77.0 Å². The molecule has 2 aliphatic rings. The van der Waals surface area contributed by atoms with Gasteiger partial charge in [-0.25, -0.2) is 0 Å². The van der Waals surface area contributed by atoms with E-state index >= 15 is 0 Å². The molecular weight excluding hydrogens is 348 g/mol. The summed E-state index contributed by atoms with van der Waals surface area (Å²) >= 11 is 0. The number of carboxylic acids is 1. The summed E-state index contributed by atoms with van der Waals surface area (Å²) in [4.78, 5) is 50.3. The predicted octanol–water partition coefficient (Wildman–Crippen LogP) is 2.46. The van der Waals surface area contributed by atoms with Crippen LogP contribution in [0.25, 0.3) is 0 Å². The van der Waals surface area contributed by atoms with Crippen LogP contribution < -0.4 is 5.32 Å². The first-order valence-electron chi connectivity index (χ1n) is 9.26. The van der Waals surface area contributed by atoms with E-state index in [1.54, 1.807) is 0 Å². The molecular formula is C20H24N2O5. The Hall–Kier alpha value is -2.70. The van der Waals surface area contributed by atoms with Crippen molar-refractivity contribution < 1.29 is 24.3 Å². The number of hydrogen-bond acceptors (Lipinski definition) is 4. The molecule has 7 heteroatoms. The van der Waals surface area contributed by atoms with E-state index in [0.29, 0.717) is 5.56 Å². The predicted molar refractivity (Wildman–Crippen MR) is 97.6 cm³/mol. The van der Waals surface area contributed by atoms with Crippen LogP contribution >= 0.6 is 0 Å². The van der Waals surface area contributed by atoms with Gasteiger partial charge in [-0.2, -0.15) is 0 Å². The number of nitrogens with one attached hydrogen (secondary N) is 1. The van der Waals surface area contributed by atoms with Crippen molar-refractivity contribution in [1.82, 2.24) is 10.2 Å². The summed E-state index contributed by atoms with van der Waals surface area (Å²) < 4.78 is 0. The van der Waals surface area contributed by atoms with Crippen molar-refractivity contribution in [3.63, 3.8) is 0 Å². The second kappa shape index (κ2) is 7.13. The highest BCUT2D eigenvalue weighted by molar-refractivity contribution is 6.22. The molecule has 1 aliphatic heterocycles. The topological polar surface area (TPSA) is 104 Å². The second-order valence-corrected chi connectivity index (χ2v) is 7.90. The minimum Gasteiger partial charge on any atom is -0.481 e. The highest BCUT2D eigenvalue weighted by Crippen LogP contribution is 2.31. The van der Waals surface area contributed by atoms with Crippen LogP contribution in [0.2, 0.25) is 0 Å². The number of carbonyl (C=O) groups excluding carboxylic acids is 3. The van der Waals surface area contributed by atoms with Gasteiger partial charge < -0.3 is 10.4 Å². The fourth-order valence-electron chi connectivity index (χ4n) is 3.55. The van der Waals surface area contributed by atoms with Crippen LogP contribution in [0.15, 0.2) is 18.2 Å². The first-order valence-corrected chi connectivity index (χ1v) is 9.26. The normalized spacial score (nSPS) is 17.8. The molecule has 0 saturated heterocycles. The number of nitrogens with zero attached hydrogens (tertiary/aromatic N) is 1. The lowest BCUT2D eigenvalue weighted by Crippen LogP contribution is -2.40. The lowest BCUT2D eigenvalue weighted by atomic mass is 9.94. The van der Waals surface area contributed by atoms with Gasteiger partial charge in [0.2, 0.25) is 0 Å². The average Bonchev–Trinajstić information content (AvgIpc) is 2.90. The molecule has 2 N–H and O–H groups in total. The summed E-state index contributed by atoms with van der Waals surface area (Å²) in [7, 11) is 0. The van der Waals surface area contributed by atoms with Crippen molar-refractivity contribution in [2.75, 3.05) is 6.54 Å². The number of imide groups is 1. The molecule has 0 bridgehead atoms. The van der Waals surface area contributed by atoms with Crippen molar-refractivity contribution in [2.45, 2.75) is 52.0 Å². The molecule has 0 aromatic heterocycles. The molecule has 1 aliphatic carbocycles. The third kappa shape index (κ3) is 3.59. The zero-order valence-electron chi connectivity index (χ0n) is 15.6. The van der Waals surface area contributed by atoms with E-state index in [1.807, 2.05) is 0 Å². The number of benzene rings is 1. The Morgan fingerprint density at radius 2 is 1.74 bits per heavy atom. The van der Waals surface area contributed by atoms with Crippen molar-refractivity contribution in [3.05, 3.63) is 34.9 Å². The Labute approximate surface area is 157 Å². The van der Waals surface area contributed by atoms with Crippen molar-refractivity contribution in [1.29, 1.82) is 0 Å². The minimum absolute atomic E-state index is 0.0423. The van der Waals surface area contributed by atoms with Gasteiger partial charge in [-0.05, 0) is 44.9 Å². The van der Waals surface area contributed by atoms with E-state index in [9.17, 15) is 19.2 Å². The number of hydrogen-bond donors (Lipinski definition) is 2. The van der Waals surface area contributed by atoms with Crippen LogP contribution in [0, 0.1) is 5.41 Å². The third-order valence-electron chi connectivity index (χ3n) is 5.39. The molecule has 7 nitrogen and oxygen atoms in total. The van der Waals surface area contributed by atoms with Crippen LogP contribution in [0.5, 0.6) is 0 Å². The van der Waals surface area contributed by atoms with Gasteiger partial charge in [0.15, 0.2) is 0 Å². The Morgan fingerprint density at radius 3 is 2.37 bits per heavy atom. The molecule has 1 saturated carbocycles. The van der Waals surface area contributed by atoms with E-state index in [2.05, 4.69) is 5.32 Å². The summed E-state index contributed by atoms with van der Waals surface area (Å²) in [6.07, 6.45) is 4.78. The van der Waals surface area contributed by atoms with E-state index in [0.717, 1.165) is 32.1 Å². The van der Waals surface area contributed by atoms with Gasteiger partial charge in [0.05, 0.1) is 16.5 Å². The Morgan fingerprint density at radius 1 is 1.11 bits per heavy atom. The summed E-state index contributed by atoms with van der Waals surface area (Å²) in [6, 6.07) is 4.37. The molecule has 1 fully saturated rings. The maximum Gasteiger partial charge on any atom is 0.310 e. The minimum atomic E-state index is -1.10. The van der Waals surface area contributed by atoms with Gasteiger partial charge in [0.1, 0.15) is 0 Å². The first-order chi connectivity index (χ1) is 12.7. The zero-order valence-corrected chi connectivity index (χ0v) is 15.6. The second-order valence-electron chi connectivity index (χ2n) is 7.90. The van der Waals surface area contributed by atoms with Crippen LogP contribution in [-0.4, -0.2) is 46.3 Å². The molecule has 3 amide bonds. The van der Waals surface area contributed by atoms with Crippen LogP contribution in [0.4, 0.5) is 0 Å². The number of carbonyl (C=O) groups is 4. The number of amides is 3. The quantitative estimate of drug-likeness (QED) is 0.773. The number of carboxylic acid groups (broad SMARTS) is 1. The van der Waals surface area contributed by atoms with Gasteiger partial charge in [-0.15, -0.1) is 0 Å². The molecule has 1 aromatic rings. The fourth-order valence-corrected chi connectivity index (χ4v) is 3.55. The molecule has 0 spiro atoms. The van der Waals surface area contributed by atoms with Gasteiger partial charge in [0, 0.05) is 18.2 Å². The van der Waals surface area contributed by atoms with E-state index < -0.39 is 17.3 Å². The highest BCUT2D eigenvalue weighted by Gasteiger charge is 2.40. The average molecular weight is 372 g/mol. The van der Waals surface area contributed by atoms with Crippen molar-refractivity contribution in [2.24, 2.45) is 5.41 Å². The zero-order chi connectivity index (χ0) is 19.8. The fraction of sp³-hybridized carbons (Fsp3) is 0.500. The number of fused-ring (bicyclic) bond motifs is 1. The van der Waals surface area contributed by atoms with E-state index in [1.165, 1.54) is 36.9 Å². The molecule has 0 atom stereocenters. The summed E-state index contributed by atoms with van der Waals surface area (Å²) in [5.41, 5.74) is -0.291. The SMILES string of the molecule is CC(C)(CNC(=O)c1ccc2c(c1)C(=O)N(C1CCCCC1)C2=O)C(=O)O. The van der Waals surface area contributed by atoms with Crippen molar-refractivity contribution >= 4 is 23.7 Å². The van der Waals surface area contributed by atoms with Crippen LogP contribution in [-0.2, 0) is 4.79 Å². The third-order valence-corrected chi connectivity index (χ3v) is 5.39. The molecule has 0 radical (unpaired) electrons. The molecule has 1 aromatic carbocycles. The van der Waals surface area contributed by atoms with Gasteiger partial charge in [-0.3, -0.25) is 24.1 Å². The summed E-state index contributed by atoms with van der Waals surface area (Å²) in [5.74, 6) is -2.12. The summed E-state index contributed by atoms with van der Waals surface area (Å²) in [5, 5.41) is 11.7. The lowest BCUT2D eigenvalue weighted by Gasteiger charge is -2.29. The Balaban J connectivity index is 1.77. The molecule has 1 heterocycles. The molecule has 144 valence electrons. The maximum absolute atomic E-state index is 12.8. The monoisotopic (exact) mass is 372 g/mol. The first kappa shape index (κ1) is 19.1.